The maximum atomic E-state index is 12.9. The Kier molecular flexibility index (Phi) is 12.0. The molecule has 0 aliphatic carbocycles. The molecule has 1 amide bonds. The number of anilines is 1. The molecule has 0 unspecified atom stereocenters. The third kappa shape index (κ3) is 10.7. The Morgan fingerprint density at radius 3 is 2.22 bits per heavy atom. The van der Waals surface area contributed by atoms with Gasteiger partial charge in [-0.3, -0.25) is 4.79 Å². The predicted molar refractivity (Wildman–Crippen MR) is 142 cm³/mol. The van der Waals surface area contributed by atoms with Crippen LogP contribution in [0.3, 0.4) is 0 Å². The van der Waals surface area contributed by atoms with Gasteiger partial charge in [0.15, 0.2) is 0 Å². The Balaban J connectivity index is 0.00000800. The molecule has 2 aromatic rings. The second-order valence-electron chi connectivity index (χ2n) is 8.78. The van der Waals surface area contributed by atoms with Crippen LogP contribution in [-0.4, -0.2) is 56.2 Å². The third-order valence-corrected chi connectivity index (χ3v) is 6.12. The summed E-state index contributed by atoms with van der Waals surface area (Å²) in [4.78, 5) is 25.6. The van der Waals surface area contributed by atoms with E-state index in [0.717, 1.165) is 12.8 Å². The lowest BCUT2D eigenvalue weighted by molar-refractivity contribution is -0.906. The molecule has 2 aromatic carbocycles. The predicted octanol–water partition coefficient (Wildman–Crippen LogP) is 3.33. The van der Waals surface area contributed by atoms with Gasteiger partial charge >= 0.3 is 5.97 Å². The average Bonchev–Trinajstić information content (AvgIpc) is 2.92. The van der Waals surface area contributed by atoms with Crippen LogP contribution in [0.25, 0.3) is 0 Å². The maximum absolute atomic E-state index is 12.9. The van der Waals surface area contributed by atoms with E-state index >= 15 is 0 Å². The number of carbonyl (C=O) groups is 2. The van der Waals surface area contributed by atoms with Crippen LogP contribution in [0, 0.1) is 0 Å². The molecule has 7 heteroatoms. The fraction of sp³-hybridized carbons (Fsp3) is 0.517. The lowest BCUT2D eigenvalue weighted by Crippen LogP contribution is -3.00. The van der Waals surface area contributed by atoms with Crippen LogP contribution in [0.4, 0.5) is 5.69 Å². The van der Waals surface area contributed by atoms with Crippen molar-refractivity contribution in [1.29, 1.82) is 0 Å². The van der Waals surface area contributed by atoms with Crippen LogP contribution >= 0.6 is 0 Å². The number of nitrogens with one attached hydrogen (secondary N) is 1. The first kappa shape index (κ1) is 25.3. The zero-order chi connectivity index (χ0) is 29.1. The molecule has 6 nitrogen and oxygen atoms in total. The van der Waals surface area contributed by atoms with E-state index < -0.39 is 19.0 Å². The summed E-state index contributed by atoms with van der Waals surface area (Å²) in [5.41, 5.74) is 0.870. The number of quaternary nitrogens is 1. The second-order valence-corrected chi connectivity index (χ2v) is 8.78. The molecule has 0 radical (unpaired) electrons. The molecule has 1 N–H and O–H groups in total. The van der Waals surface area contributed by atoms with Crippen LogP contribution in [0.1, 0.15) is 85.5 Å². The van der Waals surface area contributed by atoms with Crippen molar-refractivity contribution in [3.05, 3.63) is 59.7 Å². The first-order valence-corrected chi connectivity index (χ1v) is 12.6. The largest absolute Gasteiger partial charge is 1.00 e. The fourth-order valence-corrected chi connectivity index (χ4v) is 3.35. The van der Waals surface area contributed by atoms with Gasteiger partial charge in [0.05, 0.1) is 43.4 Å². The summed E-state index contributed by atoms with van der Waals surface area (Å²) in [5, 5.41) is 2.79. The first-order chi connectivity index (χ1) is 18.4. The molecule has 0 saturated heterocycles. The number of hydrogen-bond acceptors (Lipinski definition) is 4. The normalized spacial score (nSPS) is 13.3. The molecule has 0 aromatic heterocycles. The van der Waals surface area contributed by atoms with E-state index in [2.05, 4.69) is 12.2 Å². The number of amides is 1. The SMILES string of the molecule is [2H]C([2H])(OC(=O)c1ccc(NC(=O)c2ccccc2OCCCCCCCC)cc1)C([2H])([2H])[N+](C)(CC)CC.[Br-]. The Bertz CT molecular complexity index is 1080. The van der Waals surface area contributed by atoms with Crippen molar-refractivity contribution in [1.82, 2.24) is 0 Å². The van der Waals surface area contributed by atoms with Crippen molar-refractivity contribution in [3.63, 3.8) is 0 Å². The number of para-hydroxylation sites is 1. The minimum absolute atomic E-state index is 0. The molecular formula is C29H43BrN2O4. The molecule has 0 aliphatic rings. The number of benzene rings is 2. The maximum Gasteiger partial charge on any atom is 0.338 e. The van der Waals surface area contributed by atoms with E-state index in [-0.39, 0.29) is 32.9 Å². The summed E-state index contributed by atoms with van der Waals surface area (Å²) in [6.07, 6.45) is 6.87. The monoisotopic (exact) mass is 566 g/mol. The average molecular weight is 568 g/mol. The molecule has 0 fully saturated rings. The molecule has 0 bridgehead atoms. The number of esters is 1. The third-order valence-electron chi connectivity index (χ3n) is 6.12. The van der Waals surface area contributed by atoms with Gasteiger partial charge in [0, 0.05) is 5.69 Å². The quantitative estimate of drug-likeness (QED) is 0.192. The Morgan fingerprint density at radius 2 is 1.56 bits per heavy atom. The number of likely N-dealkylation sites (N-methyl/N-ethyl adjacent to an activating group) is 1. The van der Waals surface area contributed by atoms with E-state index in [0.29, 0.717) is 36.7 Å². The van der Waals surface area contributed by atoms with Gasteiger partial charge in [0.2, 0.25) is 0 Å². The fourth-order valence-electron chi connectivity index (χ4n) is 3.35. The van der Waals surface area contributed by atoms with E-state index in [1.807, 2.05) is 6.07 Å². The summed E-state index contributed by atoms with van der Waals surface area (Å²) >= 11 is 0. The lowest BCUT2D eigenvalue weighted by atomic mass is 10.1. The molecule has 200 valence electrons. The Morgan fingerprint density at radius 1 is 0.917 bits per heavy atom. The van der Waals surface area contributed by atoms with Crippen LogP contribution in [-0.2, 0) is 4.74 Å². The molecule has 0 spiro atoms. The highest BCUT2D eigenvalue weighted by Crippen LogP contribution is 2.21. The van der Waals surface area contributed by atoms with Gasteiger partial charge in [0.1, 0.15) is 18.8 Å². The number of unbranched alkanes of at least 4 members (excludes halogenated alkanes) is 5. The van der Waals surface area contributed by atoms with Gasteiger partial charge in [-0.15, -0.1) is 0 Å². The number of ether oxygens (including phenoxy) is 2. The molecule has 0 heterocycles. The summed E-state index contributed by atoms with van der Waals surface area (Å²) in [7, 11) is 1.58. The lowest BCUT2D eigenvalue weighted by Gasteiger charge is -2.31. The summed E-state index contributed by atoms with van der Waals surface area (Å²) in [6, 6.07) is 12.9. The van der Waals surface area contributed by atoms with Crippen molar-refractivity contribution in [3.8, 4) is 5.75 Å². The first-order valence-electron chi connectivity index (χ1n) is 14.6. The molecule has 36 heavy (non-hydrogen) atoms. The van der Waals surface area contributed by atoms with E-state index in [9.17, 15) is 9.59 Å². The van der Waals surface area contributed by atoms with Gasteiger partial charge in [0.25, 0.3) is 5.91 Å². The number of nitrogens with zero attached hydrogens (tertiary/aromatic N) is 1. The van der Waals surface area contributed by atoms with Gasteiger partial charge < -0.3 is 36.3 Å². The van der Waals surface area contributed by atoms with E-state index in [1.54, 1.807) is 39.1 Å². The van der Waals surface area contributed by atoms with Crippen molar-refractivity contribution in [2.75, 3.05) is 45.1 Å². The molecule has 0 aliphatic heterocycles. The Labute approximate surface area is 233 Å². The number of rotatable bonds is 16. The van der Waals surface area contributed by atoms with Gasteiger partial charge in [-0.05, 0) is 56.7 Å². The highest BCUT2D eigenvalue weighted by Gasteiger charge is 2.18. The minimum Gasteiger partial charge on any atom is -1.00 e. The molecule has 2 rings (SSSR count). The summed E-state index contributed by atoms with van der Waals surface area (Å²) in [6.45, 7) is 1.55. The highest BCUT2D eigenvalue weighted by atomic mass is 79.9. The van der Waals surface area contributed by atoms with Gasteiger partial charge in [-0.1, -0.05) is 51.2 Å². The molecular weight excluding hydrogens is 520 g/mol. The van der Waals surface area contributed by atoms with Crippen molar-refractivity contribution in [2.45, 2.75) is 59.3 Å². The standard InChI is InChI=1S/C29H42N2O4.BrH/c1-5-8-9-10-11-14-22-34-27-16-13-12-15-26(27)28(32)30-25-19-17-24(18-20-25)29(33)35-23-21-31(4,6-2)7-3;/h12-13,15-20H,5-11,14,21-23H2,1-4H3;1H/i21D2,23D2;. The van der Waals surface area contributed by atoms with Crippen LogP contribution in [0.2, 0.25) is 0 Å². The van der Waals surface area contributed by atoms with Crippen molar-refractivity contribution < 1.29 is 46.0 Å². The molecule has 0 saturated carbocycles. The second kappa shape index (κ2) is 17.1. The summed E-state index contributed by atoms with van der Waals surface area (Å²) < 4.78 is 43.7. The number of hydrogen-bond donors (Lipinski definition) is 1. The van der Waals surface area contributed by atoms with Gasteiger partial charge in [-0.2, -0.15) is 0 Å². The van der Waals surface area contributed by atoms with Crippen molar-refractivity contribution >= 4 is 17.6 Å². The number of halogens is 1. The number of carbonyl (C=O) groups excluding carboxylic acids is 2. The molecule has 0 atom stereocenters. The smallest absolute Gasteiger partial charge is 0.338 e. The van der Waals surface area contributed by atoms with Crippen molar-refractivity contribution in [2.24, 2.45) is 0 Å². The van der Waals surface area contributed by atoms with Crippen LogP contribution in [0.5, 0.6) is 5.75 Å². The zero-order valence-electron chi connectivity index (χ0n) is 25.9. The van der Waals surface area contributed by atoms with Crippen LogP contribution in [0.15, 0.2) is 48.5 Å². The van der Waals surface area contributed by atoms with Crippen LogP contribution < -0.4 is 27.0 Å². The van der Waals surface area contributed by atoms with E-state index in [4.69, 9.17) is 15.0 Å². The Hall–Kier alpha value is -2.38. The van der Waals surface area contributed by atoms with E-state index in [1.165, 1.54) is 49.9 Å². The highest BCUT2D eigenvalue weighted by molar-refractivity contribution is 6.06. The summed E-state index contributed by atoms with van der Waals surface area (Å²) in [5.74, 6) is -0.844. The minimum atomic E-state index is -2.86. The topological polar surface area (TPSA) is 64.6 Å². The van der Waals surface area contributed by atoms with Gasteiger partial charge in [-0.25, -0.2) is 4.79 Å². The zero-order valence-corrected chi connectivity index (χ0v) is 23.5.